The molecule has 4 nitrogen and oxygen atoms in total. The van der Waals surface area contributed by atoms with Crippen molar-refractivity contribution in [2.24, 2.45) is 0 Å². The van der Waals surface area contributed by atoms with Gasteiger partial charge in [-0.3, -0.25) is 9.69 Å². The third-order valence-corrected chi connectivity index (χ3v) is 3.76. The number of piperazine rings is 1. The van der Waals surface area contributed by atoms with Gasteiger partial charge in [-0.15, -0.1) is 0 Å². The molecule has 0 unspecified atom stereocenters. The van der Waals surface area contributed by atoms with Gasteiger partial charge in [0.05, 0.1) is 5.69 Å². The monoisotopic (exact) mass is 249 g/mol. The minimum absolute atomic E-state index is 0.527. The molecule has 1 aliphatic heterocycles. The van der Waals surface area contributed by atoms with Gasteiger partial charge in [0, 0.05) is 37.4 Å². The number of aromatic amines is 1. The van der Waals surface area contributed by atoms with Crippen LogP contribution >= 0.6 is 0 Å². The smallest absolute Gasteiger partial charge is 0.166 e. The van der Waals surface area contributed by atoms with Crippen molar-refractivity contribution in [2.75, 3.05) is 13.1 Å². The van der Waals surface area contributed by atoms with Crippen molar-refractivity contribution in [3.05, 3.63) is 22.5 Å². The zero-order valence-corrected chi connectivity index (χ0v) is 11.7. The van der Waals surface area contributed by atoms with Gasteiger partial charge in [0.25, 0.3) is 0 Å². The van der Waals surface area contributed by atoms with E-state index >= 15 is 0 Å². The van der Waals surface area contributed by atoms with Crippen molar-refractivity contribution >= 4 is 6.29 Å². The highest BCUT2D eigenvalue weighted by atomic mass is 16.1. The first kappa shape index (κ1) is 13.3. The highest BCUT2D eigenvalue weighted by Crippen LogP contribution is 2.19. The molecule has 4 heteroatoms. The van der Waals surface area contributed by atoms with Crippen LogP contribution in [0, 0.1) is 13.8 Å². The van der Waals surface area contributed by atoms with Crippen LogP contribution in [0.3, 0.4) is 0 Å². The molecular weight excluding hydrogens is 226 g/mol. The quantitative estimate of drug-likeness (QED) is 0.800. The lowest BCUT2D eigenvalue weighted by molar-refractivity contribution is 0.111. The fourth-order valence-electron chi connectivity index (χ4n) is 2.96. The maximum absolute atomic E-state index is 10.9. The number of aryl methyl sites for hydroxylation is 1. The first-order valence-electron chi connectivity index (χ1n) is 6.63. The van der Waals surface area contributed by atoms with E-state index in [2.05, 4.69) is 29.0 Å². The summed E-state index contributed by atoms with van der Waals surface area (Å²) in [6.45, 7) is 11.6. The van der Waals surface area contributed by atoms with E-state index in [9.17, 15) is 4.79 Å². The van der Waals surface area contributed by atoms with Gasteiger partial charge in [0.15, 0.2) is 6.29 Å². The Hall–Kier alpha value is -1.13. The van der Waals surface area contributed by atoms with Crippen molar-refractivity contribution < 1.29 is 4.79 Å². The number of nitrogens with one attached hydrogen (secondary N) is 2. The molecule has 100 valence electrons. The average Bonchev–Trinajstić information content (AvgIpc) is 2.55. The van der Waals surface area contributed by atoms with Crippen LogP contribution in [0.5, 0.6) is 0 Å². The Morgan fingerprint density at radius 3 is 2.39 bits per heavy atom. The molecule has 0 saturated carbocycles. The summed E-state index contributed by atoms with van der Waals surface area (Å²) < 4.78 is 0. The minimum atomic E-state index is 0.527. The number of nitrogens with zero attached hydrogens (tertiary/aromatic N) is 1. The summed E-state index contributed by atoms with van der Waals surface area (Å²) >= 11 is 0. The first-order valence-corrected chi connectivity index (χ1v) is 6.63. The topological polar surface area (TPSA) is 48.1 Å². The molecule has 2 heterocycles. The molecule has 2 atom stereocenters. The Labute approximate surface area is 109 Å². The fraction of sp³-hybridized carbons (Fsp3) is 0.643. The van der Waals surface area contributed by atoms with E-state index in [-0.39, 0.29) is 0 Å². The molecular formula is C14H23N3O. The van der Waals surface area contributed by atoms with Crippen molar-refractivity contribution in [2.45, 2.75) is 46.3 Å². The lowest BCUT2D eigenvalue weighted by Gasteiger charge is -2.36. The first-order chi connectivity index (χ1) is 8.51. The predicted octanol–water partition coefficient (Wildman–Crippen LogP) is 1.63. The molecule has 0 aromatic carbocycles. The number of aromatic nitrogens is 1. The predicted molar refractivity (Wildman–Crippen MR) is 73.0 cm³/mol. The fourth-order valence-corrected chi connectivity index (χ4v) is 2.96. The lowest BCUT2D eigenvalue weighted by Crippen LogP contribution is -2.53. The number of rotatable bonds is 3. The Balaban J connectivity index is 2.13. The van der Waals surface area contributed by atoms with Gasteiger partial charge >= 0.3 is 0 Å². The summed E-state index contributed by atoms with van der Waals surface area (Å²) in [5.41, 5.74) is 4.21. The van der Waals surface area contributed by atoms with Crippen LogP contribution in [0.25, 0.3) is 0 Å². The van der Waals surface area contributed by atoms with Gasteiger partial charge < -0.3 is 10.3 Å². The summed E-state index contributed by atoms with van der Waals surface area (Å²) in [4.78, 5) is 16.6. The van der Waals surface area contributed by atoms with E-state index in [4.69, 9.17) is 0 Å². The largest absolute Gasteiger partial charge is 0.356 e. The average molecular weight is 249 g/mol. The van der Waals surface area contributed by atoms with Gasteiger partial charge in [0.2, 0.25) is 0 Å². The Morgan fingerprint density at radius 2 is 1.89 bits per heavy atom. The summed E-state index contributed by atoms with van der Waals surface area (Å²) in [5, 5.41) is 3.53. The number of H-pyrrole nitrogens is 1. The highest BCUT2D eigenvalue weighted by molar-refractivity contribution is 5.75. The second-order valence-corrected chi connectivity index (χ2v) is 5.55. The minimum Gasteiger partial charge on any atom is -0.356 e. The van der Waals surface area contributed by atoms with Gasteiger partial charge in [-0.25, -0.2) is 0 Å². The molecule has 0 aliphatic carbocycles. The SMILES string of the molecule is Cc1[nH]c(C=O)c(C)c1CN1C[C@@H](C)N[C@@H](C)C1. The van der Waals surface area contributed by atoms with Crippen LogP contribution in [0.1, 0.15) is 41.2 Å². The number of hydrogen-bond acceptors (Lipinski definition) is 3. The Morgan fingerprint density at radius 1 is 1.28 bits per heavy atom. The summed E-state index contributed by atoms with van der Waals surface area (Å²) in [7, 11) is 0. The van der Waals surface area contributed by atoms with Crippen LogP contribution in [0.4, 0.5) is 0 Å². The summed E-state index contributed by atoms with van der Waals surface area (Å²) in [6.07, 6.45) is 0.912. The van der Waals surface area contributed by atoms with Crippen molar-refractivity contribution in [3.63, 3.8) is 0 Å². The van der Waals surface area contributed by atoms with Gasteiger partial charge in [0.1, 0.15) is 0 Å². The molecule has 0 amide bonds. The van der Waals surface area contributed by atoms with Crippen LogP contribution in [-0.2, 0) is 6.54 Å². The molecule has 0 bridgehead atoms. The van der Waals surface area contributed by atoms with E-state index in [0.29, 0.717) is 12.1 Å². The molecule has 1 saturated heterocycles. The Kier molecular flexibility index (Phi) is 3.88. The van der Waals surface area contributed by atoms with E-state index in [1.165, 1.54) is 5.56 Å². The molecule has 2 N–H and O–H groups in total. The molecule has 2 rings (SSSR count). The van der Waals surface area contributed by atoms with E-state index in [0.717, 1.165) is 42.9 Å². The number of carbonyl (C=O) groups excluding carboxylic acids is 1. The normalized spacial score (nSPS) is 25.3. The molecule has 18 heavy (non-hydrogen) atoms. The second kappa shape index (κ2) is 5.24. The van der Waals surface area contributed by atoms with Crippen molar-refractivity contribution in [1.82, 2.24) is 15.2 Å². The van der Waals surface area contributed by atoms with Crippen LogP contribution in [0.2, 0.25) is 0 Å². The summed E-state index contributed by atoms with van der Waals surface area (Å²) in [5.74, 6) is 0. The highest BCUT2D eigenvalue weighted by Gasteiger charge is 2.22. The standard InChI is InChI=1S/C14H23N3O/c1-9-5-17(6-10(2)15-9)7-13-11(3)14(8-18)16-12(13)4/h8-10,15-16H,5-7H2,1-4H3/t9-,10+. The van der Waals surface area contributed by atoms with E-state index in [1.807, 2.05) is 13.8 Å². The van der Waals surface area contributed by atoms with Gasteiger partial charge in [-0.2, -0.15) is 0 Å². The molecule has 0 radical (unpaired) electrons. The third kappa shape index (κ3) is 2.65. The zero-order valence-electron chi connectivity index (χ0n) is 11.7. The van der Waals surface area contributed by atoms with Gasteiger partial charge in [-0.1, -0.05) is 0 Å². The van der Waals surface area contributed by atoms with E-state index < -0.39 is 0 Å². The van der Waals surface area contributed by atoms with Crippen LogP contribution in [-0.4, -0.2) is 41.3 Å². The number of hydrogen-bond donors (Lipinski definition) is 2. The molecule has 0 spiro atoms. The zero-order chi connectivity index (χ0) is 13.3. The van der Waals surface area contributed by atoms with Crippen molar-refractivity contribution in [3.8, 4) is 0 Å². The molecule has 1 aromatic heterocycles. The molecule has 1 fully saturated rings. The number of aldehydes is 1. The third-order valence-electron chi connectivity index (χ3n) is 3.76. The van der Waals surface area contributed by atoms with Crippen molar-refractivity contribution in [1.29, 1.82) is 0 Å². The van der Waals surface area contributed by atoms with E-state index in [1.54, 1.807) is 0 Å². The maximum atomic E-state index is 10.9. The summed E-state index contributed by atoms with van der Waals surface area (Å²) in [6, 6.07) is 1.05. The number of carbonyl (C=O) groups is 1. The second-order valence-electron chi connectivity index (χ2n) is 5.55. The van der Waals surface area contributed by atoms with Crippen LogP contribution in [0.15, 0.2) is 0 Å². The molecule has 1 aliphatic rings. The van der Waals surface area contributed by atoms with Crippen LogP contribution < -0.4 is 5.32 Å². The lowest BCUT2D eigenvalue weighted by atomic mass is 10.1. The Bertz CT molecular complexity index is 428. The van der Waals surface area contributed by atoms with Gasteiger partial charge in [-0.05, 0) is 38.8 Å². The maximum Gasteiger partial charge on any atom is 0.166 e. The molecule has 1 aromatic rings.